The van der Waals surface area contributed by atoms with Crippen LogP contribution in [-0.2, 0) is 22.5 Å². The summed E-state index contributed by atoms with van der Waals surface area (Å²) in [5.41, 5.74) is 1.01. The van der Waals surface area contributed by atoms with Gasteiger partial charge >= 0.3 is 5.97 Å². The van der Waals surface area contributed by atoms with E-state index in [1.54, 1.807) is 13.0 Å². The molecular weight excluding hydrogens is 470 g/mol. The molecule has 192 valence electrons. The molecule has 0 amide bonds. The quantitative estimate of drug-likeness (QED) is 0.258. The second-order valence-corrected chi connectivity index (χ2v) is 8.22. The third kappa shape index (κ3) is 5.32. The van der Waals surface area contributed by atoms with E-state index in [0.29, 0.717) is 23.2 Å². The number of methoxy groups -OCH3 is 3. The van der Waals surface area contributed by atoms with Gasteiger partial charge in [0.15, 0.2) is 23.0 Å². The summed E-state index contributed by atoms with van der Waals surface area (Å²) >= 11 is 0. The maximum absolute atomic E-state index is 13.7. The molecule has 0 saturated carbocycles. The molecule has 10 nitrogen and oxygen atoms in total. The molecule has 3 aromatic rings. The Morgan fingerprint density at radius 1 is 0.917 bits per heavy atom. The molecule has 0 aliphatic rings. The maximum Gasteiger partial charge on any atom is 0.306 e. The van der Waals surface area contributed by atoms with Gasteiger partial charge in [-0.3, -0.25) is 9.59 Å². The van der Waals surface area contributed by atoms with E-state index in [2.05, 4.69) is 0 Å². The summed E-state index contributed by atoms with van der Waals surface area (Å²) in [7, 11) is 3.92. The molecule has 1 heterocycles. The van der Waals surface area contributed by atoms with E-state index >= 15 is 0 Å². The van der Waals surface area contributed by atoms with Gasteiger partial charge in [0.05, 0.1) is 33.3 Å². The summed E-state index contributed by atoms with van der Waals surface area (Å²) in [6.07, 6.45) is 0.0760. The molecule has 1 atom stereocenters. The van der Waals surface area contributed by atoms with Crippen LogP contribution in [0.3, 0.4) is 0 Å². The second-order valence-electron chi connectivity index (χ2n) is 8.22. The zero-order valence-electron chi connectivity index (χ0n) is 20.4. The van der Waals surface area contributed by atoms with E-state index in [1.807, 2.05) is 0 Å². The molecule has 0 aliphatic carbocycles. The highest BCUT2D eigenvalue weighted by Crippen LogP contribution is 2.42. The lowest BCUT2D eigenvalue weighted by Gasteiger charge is -2.22. The van der Waals surface area contributed by atoms with Gasteiger partial charge in [0.2, 0.25) is 5.75 Å². The fourth-order valence-electron chi connectivity index (χ4n) is 4.09. The highest BCUT2D eigenvalue weighted by atomic mass is 16.5. The van der Waals surface area contributed by atoms with Gasteiger partial charge in [-0.15, -0.1) is 0 Å². The number of carbonyl (C=O) groups is 1. The van der Waals surface area contributed by atoms with E-state index in [1.165, 1.54) is 56.2 Å². The van der Waals surface area contributed by atoms with Crippen LogP contribution >= 0.6 is 0 Å². The van der Waals surface area contributed by atoms with Gasteiger partial charge in [0.1, 0.15) is 5.75 Å². The molecular formula is C26H29NO9. The number of carbonyl (C=O) groups excluding carboxylic acids is 1. The number of aryl methyl sites for hydroxylation is 2. The van der Waals surface area contributed by atoms with Gasteiger partial charge in [-0.05, 0) is 54.8 Å². The fraction of sp³-hybridized carbons (Fsp3) is 0.308. The smallest absolute Gasteiger partial charge is 0.306 e. The van der Waals surface area contributed by atoms with Crippen LogP contribution in [-0.4, -0.2) is 52.3 Å². The highest BCUT2D eigenvalue weighted by molar-refractivity contribution is 5.72. The Morgan fingerprint density at radius 3 is 2.11 bits per heavy atom. The molecule has 10 heteroatoms. The molecule has 0 bridgehead atoms. The van der Waals surface area contributed by atoms with Crippen LogP contribution < -0.4 is 15.0 Å². The third-order valence-corrected chi connectivity index (χ3v) is 6.04. The molecule has 0 saturated heterocycles. The van der Waals surface area contributed by atoms with E-state index in [9.17, 15) is 30.0 Å². The van der Waals surface area contributed by atoms with Crippen LogP contribution in [0.4, 0.5) is 0 Å². The van der Waals surface area contributed by atoms with Crippen molar-refractivity contribution in [3.63, 3.8) is 0 Å². The average molecular weight is 500 g/mol. The first-order valence-electron chi connectivity index (χ1n) is 11.1. The van der Waals surface area contributed by atoms with Crippen molar-refractivity contribution < 1.29 is 39.4 Å². The van der Waals surface area contributed by atoms with E-state index in [4.69, 9.17) is 14.2 Å². The summed E-state index contributed by atoms with van der Waals surface area (Å²) in [6.45, 7) is 1.87. The number of nitrogens with zero attached hydrogens (tertiary/aromatic N) is 1. The van der Waals surface area contributed by atoms with Crippen LogP contribution in [0.25, 0.3) is 0 Å². The molecule has 0 fully saturated rings. The molecule has 2 aromatic carbocycles. The Labute approximate surface area is 207 Å². The number of ether oxygens (including phenoxy) is 3. The van der Waals surface area contributed by atoms with Crippen LogP contribution in [0.2, 0.25) is 0 Å². The van der Waals surface area contributed by atoms with Crippen molar-refractivity contribution in [3.8, 4) is 34.5 Å². The Kier molecular flexibility index (Phi) is 7.98. The first-order valence-corrected chi connectivity index (χ1v) is 11.1. The molecule has 0 aliphatic heterocycles. The largest absolute Gasteiger partial charge is 0.507 e. The topological polar surface area (TPSA) is 148 Å². The summed E-state index contributed by atoms with van der Waals surface area (Å²) in [5.74, 6) is -2.48. The second kappa shape index (κ2) is 10.9. The van der Waals surface area contributed by atoms with E-state index < -0.39 is 17.4 Å². The van der Waals surface area contributed by atoms with E-state index in [-0.39, 0.29) is 53.0 Å². The van der Waals surface area contributed by atoms with Crippen molar-refractivity contribution in [3.05, 3.63) is 69.1 Å². The molecule has 0 radical (unpaired) electrons. The lowest BCUT2D eigenvalue weighted by atomic mass is 9.87. The number of aromatic hydroxyl groups is 4. The van der Waals surface area contributed by atoms with Gasteiger partial charge in [0.25, 0.3) is 5.56 Å². The van der Waals surface area contributed by atoms with Gasteiger partial charge in [0, 0.05) is 18.2 Å². The molecule has 4 N–H and O–H groups in total. The zero-order chi connectivity index (χ0) is 26.6. The number of esters is 1. The number of rotatable bonds is 9. The highest BCUT2D eigenvalue weighted by Gasteiger charge is 2.28. The maximum atomic E-state index is 13.7. The molecule has 36 heavy (non-hydrogen) atoms. The average Bonchev–Trinajstić information content (AvgIpc) is 2.85. The molecule has 1 aromatic heterocycles. The van der Waals surface area contributed by atoms with Crippen molar-refractivity contribution in [1.82, 2.24) is 4.57 Å². The minimum atomic E-state index is -0.946. The van der Waals surface area contributed by atoms with Gasteiger partial charge in [-0.25, -0.2) is 0 Å². The SMILES string of the molecule is COC(=O)C[C@@H](c1cc(OC)c(O)c(OC)c1)c1c(O)cc(C)n(CCc2ccc(O)c(O)c2)c1=O. The minimum absolute atomic E-state index is 0.0330. The standard InChI is InChI=1S/C26H29NO9/c1-14-9-20(30)24(26(33)27(14)8-7-15-5-6-18(28)19(29)10-15)17(13-23(31)36-4)16-11-21(34-2)25(32)22(12-16)35-3/h5-6,9-12,17,28-30,32H,7-8,13H2,1-4H3/t17-/m0/s1. The lowest BCUT2D eigenvalue weighted by molar-refractivity contribution is -0.140. The Balaban J connectivity index is 2.13. The fourth-order valence-corrected chi connectivity index (χ4v) is 4.09. The molecule has 0 unspecified atom stereocenters. The van der Waals surface area contributed by atoms with Crippen molar-refractivity contribution >= 4 is 5.97 Å². The van der Waals surface area contributed by atoms with Gasteiger partial charge in [-0.2, -0.15) is 0 Å². The number of benzene rings is 2. The van der Waals surface area contributed by atoms with Crippen LogP contribution in [0.15, 0.2) is 41.2 Å². The van der Waals surface area contributed by atoms with Gasteiger partial charge in [-0.1, -0.05) is 6.07 Å². The van der Waals surface area contributed by atoms with E-state index in [0.717, 1.165) is 0 Å². The lowest BCUT2D eigenvalue weighted by Crippen LogP contribution is -2.29. The normalized spacial score (nSPS) is 11.7. The predicted molar refractivity (Wildman–Crippen MR) is 130 cm³/mol. The zero-order valence-corrected chi connectivity index (χ0v) is 20.4. The minimum Gasteiger partial charge on any atom is -0.507 e. The van der Waals surface area contributed by atoms with Crippen LogP contribution in [0.5, 0.6) is 34.5 Å². The summed E-state index contributed by atoms with van der Waals surface area (Å²) in [4.78, 5) is 26.0. The van der Waals surface area contributed by atoms with Crippen molar-refractivity contribution in [1.29, 1.82) is 0 Å². The molecule has 0 spiro atoms. The number of pyridine rings is 1. The Hall–Kier alpha value is -4.34. The summed E-state index contributed by atoms with van der Waals surface area (Å²) in [6, 6.07) is 8.77. The predicted octanol–water partition coefficient (Wildman–Crippen LogP) is 2.93. The van der Waals surface area contributed by atoms with Crippen molar-refractivity contribution in [2.24, 2.45) is 0 Å². The van der Waals surface area contributed by atoms with Gasteiger partial charge < -0.3 is 39.2 Å². The Bertz CT molecular complexity index is 1300. The number of phenolic OH excluding ortho intramolecular Hbond substituents is 3. The number of phenols is 3. The first-order chi connectivity index (χ1) is 17.1. The molecule has 3 rings (SSSR count). The Morgan fingerprint density at radius 2 is 1.56 bits per heavy atom. The number of hydrogen-bond acceptors (Lipinski definition) is 9. The monoisotopic (exact) mass is 499 g/mol. The summed E-state index contributed by atoms with van der Waals surface area (Å²) < 4.78 is 16.7. The van der Waals surface area contributed by atoms with Crippen LogP contribution in [0.1, 0.15) is 34.7 Å². The van der Waals surface area contributed by atoms with Crippen LogP contribution in [0, 0.1) is 6.92 Å². The van der Waals surface area contributed by atoms with Crippen molar-refractivity contribution in [2.45, 2.75) is 32.2 Å². The third-order valence-electron chi connectivity index (χ3n) is 6.04. The number of hydrogen-bond donors (Lipinski definition) is 4. The number of aromatic nitrogens is 1. The summed E-state index contributed by atoms with van der Waals surface area (Å²) in [5, 5.41) is 40.4. The van der Waals surface area contributed by atoms with Crippen molar-refractivity contribution in [2.75, 3.05) is 21.3 Å². The first kappa shape index (κ1) is 26.3.